The van der Waals surface area contributed by atoms with Crippen LogP contribution in [0.15, 0.2) is 29.2 Å². The Morgan fingerprint density at radius 2 is 1.89 bits per heavy atom. The van der Waals surface area contributed by atoms with Gasteiger partial charge in [-0.2, -0.15) is 13.2 Å². The van der Waals surface area contributed by atoms with E-state index >= 15 is 0 Å². The van der Waals surface area contributed by atoms with Gasteiger partial charge in [-0.1, -0.05) is 6.92 Å². The molecule has 0 aliphatic heterocycles. The molecular weight excluding hydrogens is 263 g/mol. The van der Waals surface area contributed by atoms with Crippen molar-refractivity contribution in [1.82, 2.24) is 5.32 Å². The molecule has 0 bridgehead atoms. The third-order valence-corrected chi connectivity index (χ3v) is 3.27. The minimum absolute atomic E-state index is 0.0701. The fourth-order valence-electron chi connectivity index (χ4n) is 1.35. The molecule has 0 saturated carbocycles. The summed E-state index contributed by atoms with van der Waals surface area (Å²) >= 11 is 1.53. The van der Waals surface area contributed by atoms with Gasteiger partial charge < -0.3 is 10.1 Å². The van der Waals surface area contributed by atoms with Gasteiger partial charge in [0.1, 0.15) is 5.75 Å². The highest BCUT2D eigenvalue weighted by atomic mass is 32.2. The van der Waals surface area contributed by atoms with Crippen LogP contribution in [0.5, 0.6) is 5.75 Å². The third-order valence-electron chi connectivity index (χ3n) is 2.15. The van der Waals surface area contributed by atoms with Gasteiger partial charge in [0, 0.05) is 16.7 Å². The lowest BCUT2D eigenvalue weighted by atomic mass is 10.3. The van der Waals surface area contributed by atoms with E-state index in [4.69, 9.17) is 4.74 Å². The number of alkyl halides is 3. The lowest BCUT2D eigenvalue weighted by Gasteiger charge is -2.13. The molecule has 0 amide bonds. The molecule has 1 unspecified atom stereocenters. The zero-order valence-electron chi connectivity index (χ0n) is 10.3. The Kier molecular flexibility index (Phi) is 5.81. The molecule has 0 heterocycles. The minimum atomic E-state index is -4.15. The van der Waals surface area contributed by atoms with Crippen LogP contribution in [0.25, 0.3) is 0 Å². The summed E-state index contributed by atoms with van der Waals surface area (Å²) in [4.78, 5) is 1.01. The number of rotatable bonds is 6. The van der Waals surface area contributed by atoms with E-state index in [2.05, 4.69) is 5.32 Å². The van der Waals surface area contributed by atoms with Gasteiger partial charge in [-0.25, -0.2) is 0 Å². The van der Waals surface area contributed by atoms with Gasteiger partial charge in [0.05, 0.1) is 13.7 Å². The zero-order valence-corrected chi connectivity index (χ0v) is 11.1. The smallest absolute Gasteiger partial charge is 0.401 e. The largest absolute Gasteiger partial charge is 0.497 e. The van der Waals surface area contributed by atoms with Crippen molar-refractivity contribution >= 4 is 11.8 Å². The quantitative estimate of drug-likeness (QED) is 0.807. The lowest BCUT2D eigenvalue weighted by molar-refractivity contribution is -0.124. The van der Waals surface area contributed by atoms with Crippen molar-refractivity contribution in [3.05, 3.63) is 24.3 Å². The molecule has 2 nitrogen and oxygen atoms in total. The summed E-state index contributed by atoms with van der Waals surface area (Å²) in [5.74, 6) is 0.766. The molecule has 0 fully saturated rings. The van der Waals surface area contributed by atoms with Gasteiger partial charge >= 0.3 is 6.18 Å². The van der Waals surface area contributed by atoms with Crippen molar-refractivity contribution in [3.63, 3.8) is 0 Å². The summed E-state index contributed by atoms with van der Waals surface area (Å²) in [6.07, 6.45) is -4.15. The fraction of sp³-hybridized carbons (Fsp3) is 0.500. The fourth-order valence-corrected chi connectivity index (χ4v) is 2.30. The summed E-state index contributed by atoms with van der Waals surface area (Å²) in [5, 5.41) is 2.47. The van der Waals surface area contributed by atoms with Crippen LogP contribution in [0.4, 0.5) is 13.2 Å². The predicted octanol–water partition coefficient (Wildman–Crippen LogP) is 3.33. The molecule has 0 saturated heterocycles. The van der Waals surface area contributed by atoms with Gasteiger partial charge in [0.25, 0.3) is 0 Å². The molecule has 0 radical (unpaired) electrons. The maximum atomic E-state index is 11.9. The highest BCUT2D eigenvalue weighted by molar-refractivity contribution is 8.00. The molecule has 1 aromatic rings. The first kappa shape index (κ1) is 15.2. The van der Waals surface area contributed by atoms with E-state index in [-0.39, 0.29) is 5.25 Å². The number of benzene rings is 1. The summed E-state index contributed by atoms with van der Waals surface area (Å²) in [6.45, 7) is 1.26. The van der Waals surface area contributed by atoms with Crippen LogP contribution >= 0.6 is 11.8 Å². The van der Waals surface area contributed by atoms with E-state index in [0.717, 1.165) is 10.6 Å². The maximum absolute atomic E-state index is 11.9. The van der Waals surface area contributed by atoms with Crippen molar-refractivity contribution in [1.29, 1.82) is 0 Å². The van der Waals surface area contributed by atoms with Gasteiger partial charge in [-0.05, 0) is 24.3 Å². The summed E-state index contributed by atoms with van der Waals surface area (Å²) in [6, 6.07) is 7.45. The number of nitrogens with one attached hydrogen (secondary N) is 1. The normalized spacial score (nSPS) is 13.4. The molecule has 1 rings (SSSR count). The highest BCUT2D eigenvalue weighted by Crippen LogP contribution is 2.25. The van der Waals surface area contributed by atoms with Crippen molar-refractivity contribution < 1.29 is 17.9 Å². The Labute approximate surface area is 109 Å². The molecule has 1 N–H and O–H groups in total. The Hall–Kier alpha value is -0.880. The number of ether oxygens (including phenoxy) is 1. The second-order valence-electron chi connectivity index (χ2n) is 3.85. The average Bonchev–Trinajstić information content (AvgIpc) is 2.28. The van der Waals surface area contributed by atoms with Crippen LogP contribution in [-0.2, 0) is 0 Å². The lowest BCUT2D eigenvalue weighted by Crippen LogP contribution is -2.32. The summed E-state index contributed by atoms with van der Waals surface area (Å²) < 4.78 is 40.8. The van der Waals surface area contributed by atoms with Crippen LogP contribution in [-0.4, -0.2) is 31.6 Å². The standard InChI is InChI=1S/C12H16F3NOS/c1-9(7-16-8-12(13,14)15)18-11-5-3-10(17-2)4-6-11/h3-6,9,16H,7-8H2,1-2H3. The predicted molar refractivity (Wildman–Crippen MR) is 67.2 cm³/mol. The van der Waals surface area contributed by atoms with Crippen LogP contribution in [0.3, 0.4) is 0 Å². The monoisotopic (exact) mass is 279 g/mol. The third kappa shape index (κ3) is 6.16. The van der Waals surface area contributed by atoms with Gasteiger partial charge in [-0.3, -0.25) is 0 Å². The van der Waals surface area contributed by atoms with Crippen molar-refractivity contribution in [2.24, 2.45) is 0 Å². The number of thioether (sulfide) groups is 1. The average molecular weight is 279 g/mol. The number of hydrogen-bond donors (Lipinski definition) is 1. The van der Waals surface area contributed by atoms with E-state index in [1.54, 1.807) is 7.11 Å². The van der Waals surface area contributed by atoms with Crippen molar-refractivity contribution in [2.45, 2.75) is 23.2 Å². The van der Waals surface area contributed by atoms with Gasteiger partial charge in [-0.15, -0.1) is 11.8 Å². The van der Waals surface area contributed by atoms with Crippen molar-refractivity contribution in [2.75, 3.05) is 20.2 Å². The number of hydrogen-bond acceptors (Lipinski definition) is 3. The first-order valence-corrected chi connectivity index (χ1v) is 6.37. The zero-order chi connectivity index (χ0) is 13.6. The van der Waals surface area contributed by atoms with E-state index < -0.39 is 12.7 Å². The van der Waals surface area contributed by atoms with Gasteiger partial charge in [0.2, 0.25) is 0 Å². The Balaban J connectivity index is 2.32. The summed E-state index contributed by atoms with van der Waals surface area (Å²) in [5.41, 5.74) is 0. The van der Waals surface area contributed by atoms with E-state index in [1.165, 1.54) is 11.8 Å². The minimum Gasteiger partial charge on any atom is -0.497 e. The molecule has 1 aromatic carbocycles. The molecule has 6 heteroatoms. The Morgan fingerprint density at radius 1 is 1.28 bits per heavy atom. The topological polar surface area (TPSA) is 21.3 Å². The first-order valence-electron chi connectivity index (χ1n) is 5.49. The molecular formula is C12H16F3NOS. The molecule has 0 aliphatic carbocycles. The first-order chi connectivity index (χ1) is 8.40. The number of halogens is 3. The second kappa shape index (κ2) is 6.89. The molecule has 1 atom stereocenters. The van der Waals surface area contributed by atoms with E-state index in [0.29, 0.717) is 6.54 Å². The summed E-state index contributed by atoms with van der Waals surface area (Å²) in [7, 11) is 1.59. The van der Waals surface area contributed by atoms with Crippen molar-refractivity contribution in [3.8, 4) is 5.75 Å². The van der Waals surface area contributed by atoms with Crippen LogP contribution < -0.4 is 10.1 Å². The molecule has 18 heavy (non-hydrogen) atoms. The molecule has 0 aromatic heterocycles. The van der Waals surface area contributed by atoms with Crippen LogP contribution in [0, 0.1) is 0 Å². The van der Waals surface area contributed by atoms with Gasteiger partial charge in [0.15, 0.2) is 0 Å². The SMILES string of the molecule is COc1ccc(SC(C)CNCC(F)(F)F)cc1. The molecule has 0 aliphatic rings. The number of methoxy groups -OCH3 is 1. The Bertz CT molecular complexity index is 353. The highest BCUT2D eigenvalue weighted by Gasteiger charge is 2.26. The molecule has 102 valence electrons. The van der Waals surface area contributed by atoms with E-state index in [1.807, 2.05) is 31.2 Å². The maximum Gasteiger partial charge on any atom is 0.401 e. The van der Waals surface area contributed by atoms with Crippen LogP contribution in [0.1, 0.15) is 6.92 Å². The van der Waals surface area contributed by atoms with Crippen LogP contribution in [0.2, 0.25) is 0 Å². The van der Waals surface area contributed by atoms with E-state index in [9.17, 15) is 13.2 Å². The second-order valence-corrected chi connectivity index (χ2v) is 5.36. The molecule has 0 spiro atoms. The Morgan fingerprint density at radius 3 is 2.39 bits per heavy atom.